The van der Waals surface area contributed by atoms with Gasteiger partial charge in [-0.3, -0.25) is 9.79 Å². The number of carbonyl (C=O) groups is 1. The van der Waals surface area contributed by atoms with Crippen LogP contribution in [0.15, 0.2) is 53.5 Å². The number of hydrogen-bond acceptors (Lipinski definition) is 3. The highest BCUT2D eigenvalue weighted by atomic mass is 19.1. The van der Waals surface area contributed by atoms with E-state index < -0.39 is 6.10 Å². The molecule has 0 aromatic heterocycles. The third-order valence-corrected chi connectivity index (χ3v) is 4.31. The van der Waals surface area contributed by atoms with Gasteiger partial charge in [-0.1, -0.05) is 24.3 Å². The number of aliphatic hydroxyl groups excluding tert-OH is 1. The number of hydrogen-bond donors (Lipinski definition) is 3. The van der Waals surface area contributed by atoms with E-state index in [1.807, 2.05) is 31.2 Å². The van der Waals surface area contributed by atoms with Crippen LogP contribution in [0.1, 0.15) is 34.5 Å². The van der Waals surface area contributed by atoms with Crippen molar-refractivity contribution >= 4 is 11.9 Å². The average molecular weight is 400 g/mol. The minimum atomic E-state index is -0.806. The van der Waals surface area contributed by atoms with Crippen molar-refractivity contribution in [2.45, 2.75) is 19.4 Å². The number of halogens is 1. The molecule has 0 fully saturated rings. The summed E-state index contributed by atoms with van der Waals surface area (Å²) >= 11 is 0. The summed E-state index contributed by atoms with van der Waals surface area (Å²) in [5.41, 5.74) is 2.33. The van der Waals surface area contributed by atoms with Crippen molar-refractivity contribution in [2.24, 2.45) is 4.99 Å². The van der Waals surface area contributed by atoms with Crippen molar-refractivity contribution in [2.75, 3.05) is 33.7 Å². The number of rotatable bonds is 8. The van der Waals surface area contributed by atoms with Crippen molar-refractivity contribution in [3.05, 3.63) is 71.0 Å². The molecule has 2 aromatic carbocycles. The second kappa shape index (κ2) is 11.2. The lowest BCUT2D eigenvalue weighted by Crippen LogP contribution is -2.38. The zero-order valence-electron chi connectivity index (χ0n) is 17.2. The fraction of sp³-hybridized carbons (Fsp3) is 0.364. The predicted molar refractivity (Wildman–Crippen MR) is 114 cm³/mol. The highest BCUT2D eigenvalue weighted by Gasteiger charge is 2.09. The monoisotopic (exact) mass is 400 g/mol. The van der Waals surface area contributed by atoms with Crippen molar-refractivity contribution in [1.82, 2.24) is 15.5 Å². The number of nitrogens with zero attached hydrogens (tertiary/aromatic N) is 2. The number of carbonyl (C=O) groups excluding carboxylic acids is 1. The molecule has 2 rings (SSSR count). The molecule has 156 valence electrons. The molecule has 0 bridgehead atoms. The van der Waals surface area contributed by atoms with Gasteiger partial charge in [0.05, 0.1) is 12.6 Å². The zero-order valence-corrected chi connectivity index (χ0v) is 17.2. The number of amides is 1. The molecule has 0 radical (unpaired) electrons. The molecule has 0 saturated heterocycles. The Bertz CT molecular complexity index is 822. The van der Waals surface area contributed by atoms with Gasteiger partial charge in [0.25, 0.3) is 5.91 Å². The Labute approximate surface area is 171 Å². The van der Waals surface area contributed by atoms with Crippen LogP contribution in [0.2, 0.25) is 0 Å². The largest absolute Gasteiger partial charge is 0.386 e. The molecular formula is C22H29FN4O2. The fourth-order valence-corrected chi connectivity index (χ4v) is 2.75. The van der Waals surface area contributed by atoms with E-state index in [0.717, 1.165) is 12.0 Å². The first-order valence-electron chi connectivity index (χ1n) is 9.67. The van der Waals surface area contributed by atoms with Gasteiger partial charge in [-0.15, -0.1) is 0 Å². The van der Waals surface area contributed by atoms with Gasteiger partial charge in [-0.2, -0.15) is 0 Å². The first-order chi connectivity index (χ1) is 13.9. The Hall–Kier alpha value is -2.93. The summed E-state index contributed by atoms with van der Waals surface area (Å²) in [7, 11) is 3.46. The van der Waals surface area contributed by atoms with Crippen molar-refractivity contribution in [1.29, 1.82) is 0 Å². The maximum atomic E-state index is 13.0. The summed E-state index contributed by atoms with van der Waals surface area (Å²) in [4.78, 5) is 18.0. The maximum absolute atomic E-state index is 13.0. The number of aliphatic imine (C=N–C) groups is 1. The molecule has 0 spiro atoms. The van der Waals surface area contributed by atoms with E-state index in [1.54, 1.807) is 31.1 Å². The SMILES string of the molecule is CCNC(=NCC(O)c1ccc(F)cc1)NCCc1cccc(C(=O)N(C)C)c1. The van der Waals surface area contributed by atoms with E-state index in [9.17, 15) is 14.3 Å². The van der Waals surface area contributed by atoms with Gasteiger partial charge < -0.3 is 20.6 Å². The highest BCUT2D eigenvalue weighted by molar-refractivity contribution is 5.94. The number of nitrogens with one attached hydrogen (secondary N) is 2. The van der Waals surface area contributed by atoms with E-state index in [2.05, 4.69) is 15.6 Å². The second-order valence-electron chi connectivity index (χ2n) is 6.86. The Morgan fingerprint density at radius 2 is 1.90 bits per heavy atom. The Kier molecular flexibility index (Phi) is 8.61. The zero-order chi connectivity index (χ0) is 21.2. The second-order valence-corrected chi connectivity index (χ2v) is 6.86. The Balaban J connectivity index is 1.92. The first-order valence-corrected chi connectivity index (χ1v) is 9.67. The highest BCUT2D eigenvalue weighted by Crippen LogP contribution is 2.13. The van der Waals surface area contributed by atoms with Gasteiger partial charge in [0, 0.05) is 32.7 Å². The molecule has 0 heterocycles. The van der Waals surface area contributed by atoms with Crippen molar-refractivity contribution < 1.29 is 14.3 Å². The van der Waals surface area contributed by atoms with E-state index >= 15 is 0 Å². The normalized spacial score (nSPS) is 12.4. The van der Waals surface area contributed by atoms with E-state index in [-0.39, 0.29) is 18.3 Å². The maximum Gasteiger partial charge on any atom is 0.253 e. The summed E-state index contributed by atoms with van der Waals surface area (Å²) in [5.74, 6) is 0.231. The van der Waals surface area contributed by atoms with Gasteiger partial charge in [-0.25, -0.2) is 4.39 Å². The van der Waals surface area contributed by atoms with Gasteiger partial charge in [0.1, 0.15) is 5.82 Å². The van der Waals surface area contributed by atoms with Crippen molar-refractivity contribution in [3.63, 3.8) is 0 Å². The molecule has 0 saturated carbocycles. The first kappa shape index (κ1) is 22.4. The Morgan fingerprint density at radius 3 is 2.55 bits per heavy atom. The third kappa shape index (κ3) is 7.19. The summed E-state index contributed by atoms with van der Waals surface area (Å²) in [6.07, 6.45) is -0.0841. The quantitative estimate of drug-likeness (QED) is 0.470. The van der Waals surface area contributed by atoms with Crippen LogP contribution in [-0.4, -0.2) is 55.6 Å². The van der Waals surface area contributed by atoms with Crippen molar-refractivity contribution in [3.8, 4) is 0 Å². The molecule has 2 aromatic rings. The topological polar surface area (TPSA) is 77.0 Å². The van der Waals surface area contributed by atoms with E-state index in [1.165, 1.54) is 12.1 Å². The summed E-state index contributed by atoms with van der Waals surface area (Å²) in [6, 6.07) is 13.3. The molecule has 0 aliphatic heterocycles. The van der Waals surface area contributed by atoms with Crippen LogP contribution in [0.4, 0.5) is 4.39 Å². The number of benzene rings is 2. The molecule has 1 unspecified atom stereocenters. The lowest BCUT2D eigenvalue weighted by Gasteiger charge is -2.14. The lowest BCUT2D eigenvalue weighted by atomic mass is 10.1. The molecule has 1 amide bonds. The van der Waals surface area contributed by atoms with Gasteiger partial charge >= 0.3 is 0 Å². The smallest absolute Gasteiger partial charge is 0.253 e. The van der Waals surface area contributed by atoms with Crippen LogP contribution >= 0.6 is 0 Å². The molecular weight excluding hydrogens is 371 g/mol. The predicted octanol–water partition coefficient (Wildman–Crippen LogP) is 2.36. The lowest BCUT2D eigenvalue weighted by molar-refractivity contribution is 0.0827. The van der Waals surface area contributed by atoms with Crippen LogP contribution in [0.3, 0.4) is 0 Å². The van der Waals surface area contributed by atoms with Gasteiger partial charge in [-0.05, 0) is 48.7 Å². The van der Waals surface area contributed by atoms with Gasteiger partial charge in [0.15, 0.2) is 5.96 Å². The molecule has 0 aliphatic rings. The average Bonchev–Trinajstić information content (AvgIpc) is 2.72. The molecule has 6 nitrogen and oxygen atoms in total. The van der Waals surface area contributed by atoms with Crippen LogP contribution in [0.25, 0.3) is 0 Å². The summed E-state index contributed by atoms with van der Waals surface area (Å²) in [5, 5.41) is 16.6. The molecule has 0 aliphatic carbocycles. The van der Waals surface area contributed by atoms with Gasteiger partial charge in [0.2, 0.25) is 0 Å². The number of aliphatic hydroxyl groups is 1. The fourth-order valence-electron chi connectivity index (χ4n) is 2.75. The van der Waals surface area contributed by atoms with Crippen LogP contribution in [0.5, 0.6) is 0 Å². The molecule has 29 heavy (non-hydrogen) atoms. The van der Waals surface area contributed by atoms with Crippen LogP contribution in [-0.2, 0) is 6.42 Å². The van der Waals surface area contributed by atoms with E-state index in [4.69, 9.17) is 0 Å². The third-order valence-electron chi connectivity index (χ3n) is 4.31. The van der Waals surface area contributed by atoms with Crippen LogP contribution in [0, 0.1) is 5.82 Å². The standard InChI is InChI=1S/C22H29FN4O2/c1-4-24-22(26-15-20(28)17-8-10-19(23)11-9-17)25-13-12-16-6-5-7-18(14-16)21(29)27(2)3/h5-11,14,20,28H,4,12-13,15H2,1-3H3,(H2,24,25,26). The minimum absolute atomic E-state index is 0.0236. The molecule has 1 atom stereocenters. The summed E-state index contributed by atoms with van der Waals surface area (Å²) in [6.45, 7) is 3.43. The van der Waals surface area contributed by atoms with Crippen LogP contribution < -0.4 is 10.6 Å². The Morgan fingerprint density at radius 1 is 1.17 bits per heavy atom. The van der Waals surface area contributed by atoms with E-state index in [0.29, 0.717) is 30.2 Å². The molecule has 7 heteroatoms. The molecule has 3 N–H and O–H groups in total. The number of guanidine groups is 1. The summed E-state index contributed by atoms with van der Waals surface area (Å²) < 4.78 is 13.0. The minimum Gasteiger partial charge on any atom is -0.386 e.